The Kier molecular flexibility index (Phi) is 7.37. The molecule has 0 aromatic heterocycles. The molecule has 0 saturated carbocycles. The van der Waals surface area contributed by atoms with Crippen LogP contribution in [0.3, 0.4) is 0 Å². The molecule has 2 rings (SSSR count). The highest BCUT2D eigenvalue weighted by Crippen LogP contribution is 2.21. The Labute approximate surface area is 175 Å². The van der Waals surface area contributed by atoms with Crippen LogP contribution in [0.25, 0.3) is 0 Å². The molecule has 1 aliphatic heterocycles. The van der Waals surface area contributed by atoms with Gasteiger partial charge < -0.3 is 10.1 Å². The maximum atomic E-state index is 12.4. The molecule has 0 radical (unpaired) electrons. The molecule has 2 N–H and O–H groups in total. The number of carbonyl (C=O) groups is 2. The highest BCUT2D eigenvalue weighted by atomic mass is 32.2. The van der Waals surface area contributed by atoms with Gasteiger partial charge in [-0.2, -0.15) is 0 Å². The number of rotatable bonds is 7. The third-order valence-electron chi connectivity index (χ3n) is 4.24. The lowest BCUT2D eigenvalue weighted by Crippen LogP contribution is -2.48. The number of hydrogen-bond donors (Lipinski definition) is 2. The molecule has 166 valence electrons. The second kappa shape index (κ2) is 9.39. The SMILES string of the molecule is CC(C)(C)OC(=O)N1CCCC1C(=O)NCCNS(=O)(=O)c1cccc([N+](=O)[O-])c1. The van der Waals surface area contributed by atoms with Crippen LogP contribution in [0.15, 0.2) is 29.2 Å². The summed E-state index contributed by atoms with van der Waals surface area (Å²) in [4.78, 5) is 35.9. The van der Waals surface area contributed by atoms with E-state index in [2.05, 4.69) is 10.0 Å². The van der Waals surface area contributed by atoms with Gasteiger partial charge in [0.25, 0.3) is 5.69 Å². The van der Waals surface area contributed by atoms with Gasteiger partial charge in [-0.25, -0.2) is 17.9 Å². The van der Waals surface area contributed by atoms with Crippen LogP contribution >= 0.6 is 0 Å². The van der Waals surface area contributed by atoms with Gasteiger partial charge in [-0.3, -0.25) is 19.8 Å². The monoisotopic (exact) mass is 442 g/mol. The van der Waals surface area contributed by atoms with Crippen LogP contribution in [0.1, 0.15) is 33.6 Å². The number of amides is 2. The summed E-state index contributed by atoms with van der Waals surface area (Å²) in [5.41, 5.74) is -1.01. The summed E-state index contributed by atoms with van der Waals surface area (Å²) in [6, 6.07) is 3.99. The standard InChI is InChI=1S/C18H26N4O7S/c1-18(2,3)29-17(24)21-11-5-8-15(21)16(23)19-9-10-20-30(27,28)14-7-4-6-13(12-14)22(25)26/h4,6-7,12,15,20H,5,8-11H2,1-3H3,(H,19,23). The lowest BCUT2D eigenvalue weighted by atomic mass is 10.2. The maximum absolute atomic E-state index is 12.4. The first-order valence-electron chi connectivity index (χ1n) is 9.42. The Bertz CT molecular complexity index is 911. The Morgan fingerprint density at radius 3 is 2.63 bits per heavy atom. The zero-order valence-electron chi connectivity index (χ0n) is 17.1. The zero-order chi connectivity index (χ0) is 22.5. The number of ether oxygens (including phenoxy) is 1. The quantitative estimate of drug-likeness (QED) is 0.368. The van der Waals surface area contributed by atoms with E-state index in [1.165, 1.54) is 23.1 Å². The van der Waals surface area contributed by atoms with Gasteiger partial charge in [0.05, 0.1) is 9.82 Å². The fourth-order valence-electron chi connectivity index (χ4n) is 2.91. The number of carbonyl (C=O) groups excluding carboxylic acids is 2. The number of non-ortho nitro benzene ring substituents is 1. The van der Waals surface area contributed by atoms with Gasteiger partial charge in [-0.05, 0) is 39.7 Å². The van der Waals surface area contributed by atoms with Gasteiger partial charge in [0.15, 0.2) is 0 Å². The molecule has 12 heteroatoms. The largest absolute Gasteiger partial charge is 0.444 e. The summed E-state index contributed by atoms with van der Waals surface area (Å²) in [5, 5.41) is 13.4. The van der Waals surface area contributed by atoms with Crippen molar-refractivity contribution in [3.05, 3.63) is 34.4 Å². The average molecular weight is 442 g/mol. The maximum Gasteiger partial charge on any atom is 0.410 e. The van der Waals surface area contributed by atoms with Crippen molar-refractivity contribution in [2.24, 2.45) is 0 Å². The molecule has 0 bridgehead atoms. The molecule has 1 aromatic carbocycles. The first kappa shape index (κ1) is 23.5. The van der Waals surface area contributed by atoms with Crippen molar-refractivity contribution in [3.8, 4) is 0 Å². The number of nitrogens with one attached hydrogen (secondary N) is 2. The van der Waals surface area contributed by atoms with Crippen LogP contribution in [-0.4, -0.2) is 61.5 Å². The minimum absolute atomic E-state index is 0.00829. The van der Waals surface area contributed by atoms with Gasteiger partial charge in [-0.15, -0.1) is 0 Å². The topological polar surface area (TPSA) is 148 Å². The molecular weight excluding hydrogens is 416 g/mol. The van der Waals surface area contributed by atoms with E-state index in [1.54, 1.807) is 20.8 Å². The molecule has 1 unspecified atom stereocenters. The van der Waals surface area contributed by atoms with E-state index in [9.17, 15) is 28.1 Å². The Hall–Kier alpha value is -2.73. The van der Waals surface area contributed by atoms with Crippen molar-refractivity contribution in [1.29, 1.82) is 0 Å². The van der Waals surface area contributed by atoms with Crippen molar-refractivity contribution < 1.29 is 27.7 Å². The molecule has 1 heterocycles. The number of hydrogen-bond acceptors (Lipinski definition) is 7. The fraction of sp³-hybridized carbons (Fsp3) is 0.556. The molecule has 1 saturated heterocycles. The predicted octanol–water partition coefficient (Wildman–Crippen LogP) is 1.39. The summed E-state index contributed by atoms with van der Waals surface area (Å²) >= 11 is 0. The number of sulfonamides is 1. The fourth-order valence-corrected chi connectivity index (χ4v) is 3.99. The van der Waals surface area contributed by atoms with Crippen molar-refractivity contribution in [2.75, 3.05) is 19.6 Å². The minimum Gasteiger partial charge on any atom is -0.444 e. The molecule has 2 amide bonds. The highest BCUT2D eigenvalue weighted by Gasteiger charge is 2.36. The van der Waals surface area contributed by atoms with Crippen LogP contribution < -0.4 is 10.0 Å². The number of nitro benzene ring substituents is 1. The van der Waals surface area contributed by atoms with Crippen molar-refractivity contribution in [3.63, 3.8) is 0 Å². The normalized spacial score (nSPS) is 16.9. The second-order valence-corrected chi connectivity index (χ2v) is 9.54. The summed E-state index contributed by atoms with van der Waals surface area (Å²) in [7, 11) is -3.97. The molecule has 11 nitrogen and oxygen atoms in total. The van der Waals surface area contributed by atoms with E-state index in [4.69, 9.17) is 4.74 Å². The number of nitro groups is 1. The van der Waals surface area contributed by atoms with Crippen LogP contribution in [0, 0.1) is 10.1 Å². The van der Waals surface area contributed by atoms with E-state index >= 15 is 0 Å². The van der Waals surface area contributed by atoms with Crippen LogP contribution in [-0.2, 0) is 19.6 Å². The van der Waals surface area contributed by atoms with Crippen LogP contribution in [0.2, 0.25) is 0 Å². The smallest absolute Gasteiger partial charge is 0.410 e. The van der Waals surface area contributed by atoms with E-state index in [1.807, 2.05) is 0 Å². The lowest BCUT2D eigenvalue weighted by molar-refractivity contribution is -0.385. The van der Waals surface area contributed by atoms with Gasteiger partial charge in [-0.1, -0.05) is 6.07 Å². The summed E-state index contributed by atoms with van der Waals surface area (Å²) in [6.07, 6.45) is 0.591. The van der Waals surface area contributed by atoms with Gasteiger partial charge in [0.1, 0.15) is 11.6 Å². The minimum atomic E-state index is -3.97. The molecule has 0 aliphatic carbocycles. The first-order chi connectivity index (χ1) is 13.9. The third-order valence-corrected chi connectivity index (χ3v) is 5.70. The Balaban J connectivity index is 1.87. The first-order valence-corrected chi connectivity index (χ1v) is 10.9. The van der Waals surface area contributed by atoms with Gasteiger partial charge in [0, 0.05) is 31.8 Å². The molecule has 30 heavy (non-hydrogen) atoms. The van der Waals surface area contributed by atoms with Gasteiger partial charge >= 0.3 is 6.09 Å². The summed E-state index contributed by atoms with van der Waals surface area (Å²) < 4.78 is 32.1. The lowest BCUT2D eigenvalue weighted by Gasteiger charge is -2.28. The Morgan fingerprint density at radius 1 is 1.30 bits per heavy atom. The number of likely N-dealkylation sites (tertiary alicyclic amines) is 1. The average Bonchev–Trinajstić information content (AvgIpc) is 3.14. The number of benzene rings is 1. The third kappa shape index (κ3) is 6.39. The van der Waals surface area contributed by atoms with E-state index in [-0.39, 0.29) is 23.7 Å². The van der Waals surface area contributed by atoms with Crippen molar-refractivity contribution >= 4 is 27.7 Å². The van der Waals surface area contributed by atoms with Crippen molar-refractivity contribution in [1.82, 2.24) is 14.9 Å². The molecule has 1 aromatic rings. The second-order valence-electron chi connectivity index (χ2n) is 7.78. The van der Waals surface area contributed by atoms with Crippen molar-refractivity contribution in [2.45, 2.75) is 50.2 Å². The van der Waals surface area contributed by atoms with E-state index < -0.39 is 38.6 Å². The summed E-state index contributed by atoms with van der Waals surface area (Å²) in [6.45, 7) is 5.50. The highest BCUT2D eigenvalue weighted by molar-refractivity contribution is 7.89. The number of nitrogens with zero attached hydrogens (tertiary/aromatic N) is 2. The zero-order valence-corrected chi connectivity index (χ0v) is 17.9. The predicted molar refractivity (Wildman–Crippen MR) is 107 cm³/mol. The van der Waals surface area contributed by atoms with Crippen LogP contribution in [0.4, 0.5) is 10.5 Å². The van der Waals surface area contributed by atoms with E-state index in [0.29, 0.717) is 19.4 Å². The summed E-state index contributed by atoms with van der Waals surface area (Å²) in [5.74, 6) is -0.395. The Morgan fingerprint density at radius 2 is 2.00 bits per heavy atom. The molecule has 1 aliphatic rings. The van der Waals surface area contributed by atoms with E-state index in [0.717, 1.165) is 6.07 Å². The van der Waals surface area contributed by atoms with Gasteiger partial charge in [0.2, 0.25) is 15.9 Å². The molecule has 0 spiro atoms. The molecule has 1 fully saturated rings. The molecule has 1 atom stereocenters. The molecular formula is C18H26N4O7S. The van der Waals surface area contributed by atoms with Crippen LogP contribution in [0.5, 0.6) is 0 Å².